The molecule has 0 aliphatic rings. The van der Waals surface area contributed by atoms with E-state index in [4.69, 9.17) is 21.1 Å². The maximum absolute atomic E-state index is 13.3. The quantitative estimate of drug-likeness (QED) is 0.432. The van der Waals surface area contributed by atoms with Gasteiger partial charge in [0.2, 0.25) is 15.9 Å². The van der Waals surface area contributed by atoms with Crippen LogP contribution in [0.2, 0.25) is 5.02 Å². The molecule has 0 radical (unpaired) electrons. The zero-order valence-electron chi connectivity index (χ0n) is 18.4. The van der Waals surface area contributed by atoms with Crippen molar-refractivity contribution in [1.82, 2.24) is 4.72 Å². The highest BCUT2D eigenvalue weighted by molar-refractivity contribution is 7.89. The van der Waals surface area contributed by atoms with E-state index < -0.39 is 27.9 Å². The van der Waals surface area contributed by atoms with E-state index in [1.165, 1.54) is 44.6 Å². The van der Waals surface area contributed by atoms with Crippen LogP contribution < -0.4 is 14.8 Å². The second-order valence-corrected chi connectivity index (χ2v) is 9.30. The number of sulfonamides is 1. The number of carbonyl (C=O) groups is 2. The minimum Gasteiger partial charge on any atom is -0.495 e. The molecule has 2 N–H and O–H groups in total. The van der Waals surface area contributed by atoms with Crippen molar-refractivity contribution >= 4 is 39.2 Å². The summed E-state index contributed by atoms with van der Waals surface area (Å²) < 4.78 is 38.9. The number of hydrogen-bond donors (Lipinski definition) is 2. The highest BCUT2D eigenvalue weighted by Gasteiger charge is 2.29. The summed E-state index contributed by atoms with van der Waals surface area (Å²) in [5.74, 6) is -1.23. The average molecular weight is 503 g/mol. The molecule has 0 saturated carbocycles. The SMILES string of the molecule is COC(=O)c1ccccc1NC(=O)[C@@H](Cc1ccccc1)NS(=O)(=O)c1cc(Cl)ccc1OC. The summed E-state index contributed by atoms with van der Waals surface area (Å²) in [5, 5.41) is 2.83. The van der Waals surface area contributed by atoms with Crippen LogP contribution in [0.5, 0.6) is 5.75 Å². The molecule has 1 atom stereocenters. The van der Waals surface area contributed by atoms with E-state index in [9.17, 15) is 18.0 Å². The first kappa shape index (κ1) is 25.2. The Balaban J connectivity index is 1.96. The zero-order chi connectivity index (χ0) is 24.7. The van der Waals surface area contributed by atoms with Crippen molar-refractivity contribution in [2.45, 2.75) is 17.4 Å². The Hall–Kier alpha value is -3.40. The van der Waals surface area contributed by atoms with E-state index in [1.54, 1.807) is 36.4 Å². The summed E-state index contributed by atoms with van der Waals surface area (Å²) in [6.45, 7) is 0. The van der Waals surface area contributed by atoms with Crippen molar-refractivity contribution in [2.75, 3.05) is 19.5 Å². The number of esters is 1. The maximum atomic E-state index is 13.3. The van der Waals surface area contributed by atoms with Gasteiger partial charge in [-0.2, -0.15) is 4.72 Å². The standard InChI is InChI=1S/C24H23ClN2O6S/c1-32-21-13-12-17(25)15-22(21)34(30,31)27-20(14-16-8-4-3-5-9-16)23(28)26-19-11-7-6-10-18(19)24(29)33-2/h3-13,15,20,27H,14H2,1-2H3,(H,26,28)/t20-/m1/s1. The third kappa shape index (κ3) is 6.13. The molecular formula is C24H23ClN2O6S. The molecule has 178 valence electrons. The predicted molar refractivity (Wildman–Crippen MR) is 129 cm³/mol. The molecular weight excluding hydrogens is 480 g/mol. The first-order valence-corrected chi connectivity index (χ1v) is 12.0. The van der Waals surface area contributed by atoms with Crippen LogP contribution in [0.3, 0.4) is 0 Å². The van der Waals surface area contributed by atoms with Gasteiger partial charge in [0.05, 0.1) is 25.5 Å². The van der Waals surface area contributed by atoms with Gasteiger partial charge < -0.3 is 14.8 Å². The number of para-hydroxylation sites is 1. The molecule has 1 amide bonds. The van der Waals surface area contributed by atoms with Gasteiger partial charge >= 0.3 is 5.97 Å². The van der Waals surface area contributed by atoms with E-state index in [1.807, 2.05) is 6.07 Å². The Morgan fingerprint density at radius 2 is 1.65 bits per heavy atom. The second kappa shape index (κ2) is 11.1. The summed E-state index contributed by atoms with van der Waals surface area (Å²) in [7, 11) is -1.66. The molecule has 0 fully saturated rings. The monoisotopic (exact) mass is 502 g/mol. The lowest BCUT2D eigenvalue weighted by atomic mass is 10.1. The van der Waals surface area contributed by atoms with Crippen LogP contribution in [-0.4, -0.2) is 40.6 Å². The fraction of sp³-hybridized carbons (Fsp3) is 0.167. The fourth-order valence-corrected chi connectivity index (χ4v) is 4.88. The molecule has 3 aromatic rings. The van der Waals surface area contributed by atoms with E-state index in [-0.39, 0.29) is 33.3 Å². The topological polar surface area (TPSA) is 111 Å². The smallest absolute Gasteiger partial charge is 0.339 e. The highest BCUT2D eigenvalue weighted by atomic mass is 35.5. The van der Waals surface area contributed by atoms with Gasteiger partial charge in [-0.25, -0.2) is 13.2 Å². The van der Waals surface area contributed by atoms with Crippen molar-refractivity contribution in [3.05, 3.63) is 88.9 Å². The molecule has 10 heteroatoms. The Morgan fingerprint density at radius 1 is 0.971 bits per heavy atom. The first-order chi connectivity index (χ1) is 16.2. The van der Waals surface area contributed by atoms with Crippen LogP contribution in [0.15, 0.2) is 77.7 Å². The van der Waals surface area contributed by atoms with Gasteiger partial charge in [0.25, 0.3) is 0 Å². The van der Waals surface area contributed by atoms with Crippen molar-refractivity contribution in [2.24, 2.45) is 0 Å². The molecule has 34 heavy (non-hydrogen) atoms. The number of methoxy groups -OCH3 is 2. The number of nitrogens with one attached hydrogen (secondary N) is 2. The molecule has 0 bridgehead atoms. The van der Waals surface area contributed by atoms with E-state index in [0.717, 1.165) is 5.56 Å². The third-order valence-electron chi connectivity index (χ3n) is 4.90. The van der Waals surface area contributed by atoms with E-state index in [2.05, 4.69) is 10.0 Å². The summed E-state index contributed by atoms with van der Waals surface area (Å²) in [6.07, 6.45) is 0.0508. The summed E-state index contributed by atoms with van der Waals surface area (Å²) in [6, 6.07) is 18.2. The number of ether oxygens (including phenoxy) is 2. The molecule has 0 heterocycles. The molecule has 0 aliphatic heterocycles. The highest BCUT2D eigenvalue weighted by Crippen LogP contribution is 2.27. The van der Waals surface area contributed by atoms with Crippen molar-refractivity contribution in [1.29, 1.82) is 0 Å². The van der Waals surface area contributed by atoms with Crippen LogP contribution in [0.4, 0.5) is 5.69 Å². The molecule has 3 aromatic carbocycles. The lowest BCUT2D eigenvalue weighted by Crippen LogP contribution is -2.45. The summed E-state index contributed by atoms with van der Waals surface area (Å²) >= 11 is 6.01. The number of carbonyl (C=O) groups excluding carboxylic acids is 2. The lowest BCUT2D eigenvalue weighted by Gasteiger charge is -2.20. The number of rotatable bonds is 9. The van der Waals surface area contributed by atoms with Crippen molar-refractivity contribution in [3.63, 3.8) is 0 Å². The molecule has 0 aromatic heterocycles. The lowest BCUT2D eigenvalue weighted by molar-refractivity contribution is -0.117. The number of amides is 1. The summed E-state index contributed by atoms with van der Waals surface area (Å²) in [4.78, 5) is 25.1. The van der Waals surface area contributed by atoms with Gasteiger partial charge in [-0.1, -0.05) is 54.1 Å². The Morgan fingerprint density at radius 3 is 2.32 bits per heavy atom. The molecule has 0 aliphatic carbocycles. The minimum atomic E-state index is -4.23. The molecule has 0 saturated heterocycles. The van der Waals surface area contributed by atoms with E-state index in [0.29, 0.717) is 0 Å². The largest absolute Gasteiger partial charge is 0.495 e. The summed E-state index contributed by atoms with van der Waals surface area (Å²) in [5.41, 5.74) is 1.05. The van der Waals surface area contributed by atoms with Crippen molar-refractivity contribution < 1.29 is 27.5 Å². The molecule has 0 unspecified atom stereocenters. The number of anilines is 1. The molecule has 0 spiro atoms. The first-order valence-electron chi connectivity index (χ1n) is 10.1. The number of halogens is 1. The third-order valence-corrected chi connectivity index (χ3v) is 6.63. The number of hydrogen-bond acceptors (Lipinski definition) is 6. The second-order valence-electron chi connectivity index (χ2n) is 7.19. The van der Waals surface area contributed by atoms with Gasteiger partial charge in [0.15, 0.2) is 0 Å². The predicted octanol–water partition coefficient (Wildman–Crippen LogP) is 3.66. The van der Waals surface area contributed by atoms with Crippen molar-refractivity contribution in [3.8, 4) is 5.75 Å². The molecule has 8 nitrogen and oxygen atoms in total. The Kier molecular flexibility index (Phi) is 8.27. The van der Waals surface area contributed by atoms with Crippen LogP contribution >= 0.6 is 11.6 Å². The van der Waals surface area contributed by atoms with Gasteiger partial charge in [-0.15, -0.1) is 0 Å². The average Bonchev–Trinajstić information content (AvgIpc) is 2.84. The Labute approximate surface area is 202 Å². The van der Waals surface area contributed by atoms with Gasteiger partial charge in [0.1, 0.15) is 16.7 Å². The number of benzene rings is 3. The minimum absolute atomic E-state index is 0.0508. The normalized spacial score (nSPS) is 12.0. The Bertz CT molecular complexity index is 1280. The van der Waals surface area contributed by atoms with Crippen LogP contribution in [0, 0.1) is 0 Å². The van der Waals surface area contributed by atoms with Gasteiger partial charge in [0, 0.05) is 5.02 Å². The fourth-order valence-electron chi connectivity index (χ4n) is 3.25. The maximum Gasteiger partial charge on any atom is 0.339 e. The zero-order valence-corrected chi connectivity index (χ0v) is 20.0. The molecule has 3 rings (SSSR count). The van der Waals surface area contributed by atoms with Gasteiger partial charge in [-0.3, -0.25) is 4.79 Å². The van der Waals surface area contributed by atoms with Crippen LogP contribution in [-0.2, 0) is 26.0 Å². The van der Waals surface area contributed by atoms with Gasteiger partial charge in [-0.05, 0) is 42.3 Å². The van der Waals surface area contributed by atoms with Crippen LogP contribution in [0.1, 0.15) is 15.9 Å². The van der Waals surface area contributed by atoms with Crippen LogP contribution in [0.25, 0.3) is 0 Å². The van der Waals surface area contributed by atoms with E-state index >= 15 is 0 Å².